The van der Waals surface area contributed by atoms with Crippen LogP contribution in [0.2, 0.25) is 5.02 Å². The standard InChI is InChI=1S/C18H22ClN3O5S/c1-5-26-17(24)14-10(3)15(18(25)27-6-2)28-16(14)20-13(23)7-8-22-9-12(19)11(4)21-22/h9H,5-8H2,1-4H3,(H,20,23). The fourth-order valence-electron chi connectivity index (χ4n) is 2.46. The van der Waals surface area contributed by atoms with Crippen molar-refractivity contribution in [3.05, 3.63) is 32.9 Å². The number of esters is 2. The summed E-state index contributed by atoms with van der Waals surface area (Å²) in [6, 6.07) is 0. The van der Waals surface area contributed by atoms with E-state index in [-0.39, 0.29) is 41.0 Å². The number of rotatable bonds is 8. The number of anilines is 1. The van der Waals surface area contributed by atoms with Crippen molar-refractivity contribution in [2.24, 2.45) is 0 Å². The third-order valence-electron chi connectivity index (χ3n) is 3.79. The van der Waals surface area contributed by atoms with Gasteiger partial charge in [0.25, 0.3) is 0 Å². The highest BCUT2D eigenvalue weighted by Gasteiger charge is 2.27. The van der Waals surface area contributed by atoms with Gasteiger partial charge >= 0.3 is 11.9 Å². The Labute approximate surface area is 171 Å². The molecule has 0 spiro atoms. The van der Waals surface area contributed by atoms with Crippen molar-refractivity contribution in [1.29, 1.82) is 0 Å². The smallest absolute Gasteiger partial charge is 0.348 e. The number of hydrogen-bond acceptors (Lipinski definition) is 7. The van der Waals surface area contributed by atoms with Gasteiger partial charge in [-0.3, -0.25) is 9.48 Å². The van der Waals surface area contributed by atoms with Crippen molar-refractivity contribution in [1.82, 2.24) is 9.78 Å². The van der Waals surface area contributed by atoms with Gasteiger partial charge in [0, 0.05) is 19.2 Å². The Hall–Kier alpha value is -2.39. The number of amides is 1. The lowest BCUT2D eigenvalue weighted by Crippen LogP contribution is -2.16. The zero-order chi connectivity index (χ0) is 20.8. The highest BCUT2D eigenvalue weighted by molar-refractivity contribution is 7.18. The Kier molecular flexibility index (Phi) is 7.59. The maximum Gasteiger partial charge on any atom is 0.348 e. The highest BCUT2D eigenvalue weighted by Crippen LogP contribution is 2.34. The zero-order valence-electron chi connectivity index (χ0n) is 16.1. The van der Waals surface area contributed by atoms with Gasteiger partial charge in [0.05, 0.1) is 29.5 Å². The number of nitrogens with one attached hydrogen (secondary N) is 1. The molecule has 0 aliphatic heterocycles. The summed E-state index contributed by atoms with van der Waals surface area (Å²) in [6.45, 7) is 7.48. The van der Waals surface area contributed by atoms with Crippen LogP contribution in [-0.4, -0.2) is 40.8 Å². The topological polar surface area (TPSA) is 99.5 Å². The molecule has 2 aromatic heterocycles. The van der Waals surface area contributed by atoms with Crippen molar-refractivity contribution in [3.63, 3.8) is 0 Å². The molecule has 0 unspecified atom stereocenters. The second-order valence-electron chi connectivity index (χ2n) is 5.82. The molecule has 0 fully saturated rings. The quantitative estimate of drug-likeness (QED) is 0.646. The first-order valence-electron chi connectivity index (χ1n) is 8.75. The normalized spacial score (nSPS) is 10.6. The first kappa shape index (κ1) is 21.9. The van der Waals surface area contributed by atoms with Crippen LogP contribution in [0.3, 0.4) is 0 Å². The lowest BCUT2D eigenvalue weighted by molar-refractivity contribution is -0.116. The van der Waals surface area contributed by atoms with E-state index < -0.39 is 11.9 Å². The summed E-state index contributed by atoms with van der Waals surface area (Å²) in [7, 11) is 0. The average Bonchev–Trinajstić information content (AvgIpc) is 3.12. The summed E-state index contributed by atoms with van der Waals surface area (Å²) in [5.74, 6) is -1.47. The molecule has 2 rings (SSSR count). The van der Waals surface area contributed by atoms with Crippen LogP contribution in [0.25, 0.3) is 0 Å². The number of carbonyl (C=O) groups is 3. The predicted octanol–water partition coefficient (Wildman–Crippen LogP) is 3.60. The third-order valence-corrected chi connectivity index (χ3v) is 5.35. The minimum Gasteiger partial charge on any atom is -0.462 e. The molecule has 28 heavy (non-hydrogen) atoms. The van der Waals surface area contributed by atoms with Gasteiger partial charge in [-0.15, -0.1) is 11.3 Å². The highest BCUT2D eigenvalue weighted by atomic mass is 35.5. The Balaban J connectivity index is 2.19. The minimum atomic E-state index is -0.600. The number of ether oxygens (including phenoxy) is 2. The van der Waals surface area contributed by atoms with Crippen LogP contribution in [0, 0.1) is 13.8 Å². The molecule has 0 saturated heterocycles. The van der Waals surface area contributed by atoms with Crippen LogP contribution in [-0.2, 0) is 20.8 Å². The van der Waals surface area contributed by atoms with E-state index in [1.165, 1.54) is 0 Å². The molecule has 8 nitrogen and oxygen atoms in total. The van der Waals surface area contributed by atoms with Crippen LogP contribution in [0.5, 0.6) is 0 Å². The summed E-state index contributed by atoms with van der Waals surface area (Å²) in [4.78, 5) is 37.1. The molecule has 1 amide bonds. The first-order valence-corrected chi connectivity index (χ1v) is 9.94. The SMILES string of the molecule is CCOC(=O)c1sc(NC(=O)CCn2cc(Cl)c(C)n2)c(C(=O)OCC)c1C. The van der Waals surface area contributed by atoms with Gasteiger partial charge in [-0.2, -0.15) is 5.10 Å². The molecule has 0 saturated carbocycles. The monoisotopic (exact) mass is 427 g/mol. The van der Waals surface area contributed by atoms with E-state index in [2.05, 4.69) is 10.4 Å². The van der Waals surface area contributed by atoms with E-state index in [1.807, 2.05) is 0 Å². The largest absolute Gasteiger partial charge is 0.462 e. The number of aryl methyl sites for hydroxylation is 2. The summed E-state index contributed by atoms with van der Waals surface area (Å²) >= 11 is 6.95. The van der Waals surface area contributed by atoms with E-state index in [1.54, 1.807) is 38.6 Å². The second-order valence-corrected chi connectivity index (χ2v) is 7.25. The van der Waals surface area contributed by atoms with Gasteiger partial charge in [0.1, 0.15) is 9.88 Å². The second kappa shape index (κ2) is 9.70. The maximum atomic E-state index is 12.4. The lowest BCUT2D eigenvalue weighted by atomic mass is 10.1. The van der Waals surface area contributed by atoms with E-state index >= 15 is 0 Å². The molecule has 0 aliphatic rings. The molecule has 0 aliphatic carbocycles. The van der Waals surface area contributed by atoms with Crippen molar-refractivity contribution in [3.8, 4) is 0 Å². The van der Waals surface area contributed by atoms with Crippen LogP contribution in [0.4, 0.5) is 5.00 Å². The Morgan fingerprint density at radius 3 is 2.39 bits per heavy atom. The molecule has 2 heterocycles. The lowest BCUT2D eigenvalue weighted by Gasteiger charge is -2.07. The summed E-state index contributed by atoms with van der Waals surface area (Å²) in [6.07, 6.45) is 1.76. The zero-order valence-corrected chi connectivity index (χ0v) is 17.7. The molecule has 10 heteroatoms. The Morgan fingerprint density at radius 2 is 1.82 bits per heavy atom. The fourth-order valence-corrected chi connectivity index (χ4v) is 3.71. The summed E-state index contributed by atoms with van der Waals surface area (Å²) in [5, 5.41) is 7.68. The molecule has 0 aromatic carbocycles. The molecule has 152 valence electrons. The number of carbonyl (C=O) groups excluding carboxylic acids is 3. The van der Waals surface area contributed by atoms with Gasteiger partial charge in [0.15, 0.2) is 0 Å². The van der Waals surface area contributed by atoms with Crippen LogP contribution >= 0.6 is 22.9 Å². The van der Waals surface area contributed by atoms with E-state index in [9.17, 15) is 14.4 Å². The van der Waals surface area contributed by atoms with Gasteiger partial charge in [-0.1, -0.05) is 11.6 Å². The van der Waals surface area contributed by atoms with E-state index in [4.69, 9.17) is 21.1 Å². The average molecular weight is 428 g/mol. The summed E-state index contributed by atoms with van der Waals surface area (Å²) < 4.78 is 11.7. The maximum absolute atomic E-state index is 12.4. The van der Waals surface area contributed by atoms with Gasteiger partial charge < -0.3 is 14.8 Å². The Bertz CT molecular complexity index is 871. The molecule has 0 atom stereocenters. The predicted molar refractivity (Wildman–Crippen MR) is 106 cm³/mol. The van der Waals surface area contributed by atoms with Crippen LogP contribution in [0.1, 0.15) is 51.6 Å². The molecule has 2 aromatic rings. The number of nitrogens with zero attached hydrogens (tertiary/aromatic N) is 2. The van der Waals surface area contributed by atoms with Crippen molar-refractivity contribution in [2.75, 3.05) is 18.5 Å². The van der Waals surface area contributed by atoms with Gasteiger partial charge in [-0.25, -0.2) is 9.59 Å². The van der Waals surface area contributed by atoms with Gasteiger partial charge in [0.2, 0.25) is 5.91 Å². The molecule has 0 radical (unpaired) electrons. The van der Waals surface area contributed by atoms with Crippen LogP contribution in [0.15, 0.2) is 6.20 Å². The van der Waals surface area contributed by atoms with Gasteiger partial charge in [-0.05, 0) is 33.3 Å². The summed E-state index contributed by atoms with van der Waals surface area (Å²) in [5.41, 5.74) is 1.27. The number of thiophene rings is 1. The Morgan fingerprint density at radius 1 is 1.18 bits per heavy atom. The van der Waals surface area contributed by atoms with E-state index in [0.717, 1.165) is 11.3 Å². The minimum absolute atomic E-state index is 0.116. The van der Waals surface area contributed by atoms with Crippen LogP contribution < -0.4 is 5.32 Å². The molecule has 1 N–H and O–H groups in total. The van der Waals surface area contributed by atoms with Crippen molar-refractivity contribution < 1.29 is 23.9 Å². The van der Waals surface area contributed by atoms with Crippen molar-refractivity contribution >= 4 is 45.8 Å². The van der Waals surface area contributed by atoms with Crippen molar-refractivity contribution in [2.45, 2.75) is 40.7 Å². The molecule has 0 bridgehead atoms. The molecular formula is C18H22ClN3O5S. The number of hydrogen-bond donors (Lipinski definition) is 1. The first-order chi connectivity index (χ1) is 13.3. The number of halogens is 1. The van der Waals surface area contributed by atoms with E-state index in [0.29, 0.717) is 22.8 Å². The fraction of sp³-hybridized carbons (Fsp3) is 0.444. The third kappa shape index (κ3) is 5.11. The molecular weight excluding hydrogens is 406 g/mol. The number of aromatic nitrogens is 2.